The molecule has 0 aliphatic rings. The van der Waals surface area contributed by atoms with Crippen LogP contribution in [0.2, 0.25) is 0 Å². The van der Waals surface area contributed by atoms with E-state index in [-0.39, 0.29) is 0 Å². The predicted molar refractivity (Wildman–Crippen MR) is 39.9 cm³/mol. The van der Waals surface area contributed by atoms with E-state index in [1.807, 2.05) is 0 Å². The van der Waals surface area contributed by atoms with Crippen molar-refractivity contribution in [1.29, 1.82) is 0 Å². The molecule has 0 aliphatic carbocycles. The lowest BCUT2D eigenvalue weighted by Crippen LogP contribution is -2.33. The first-order valence-electron chi connectivity index (χ1n) is 3.29. The molecule has 2 nitrogen and oxygen atoms in total. The van der Waals surface area contributed by atoms with Crippen LogP contribution in [0.15, 0.2) is 0 Å². The van der Waals surface area contributed by atoms with Crippen molar-refractivity contribution in [3.05, 3.63) is 0 Å². The quantitative estimate of drug-likeness (QED) is 0.702. The largest absolute Gasteiger partial charge is 0.277 e. The Morgan fingerprint density at radius 1 is 1.25 bits per heavy atom. The van der Waals surface area contributed by atoms with Gasteiger partial charge in [0.1, 0.15) is 10.7 Å². The molecule has 0 unspecified atom stereocenters. The van der Waals surface area contributed by atoms with Gasteiger partial charge in [-0.2, -0.15) is 0 Å². The average molecular weight is 204 g/mol. The molecule has 0 aliphatic heterocycles. The van der Waals surface area contributed by atoms with Crippen LogP contribution in [0.4, 0.5) is 13.2 Å². The standard InChI is InChI=1S/C6H11F3O2S/c1-5(2,12(10)11)3-6(8,9)4-7/h12H,3-4H2,1-2H3. The van der Waals surface area contributed by atoms with Gasteiger partial charge >= 0.3 is 0 Å². The van der Waals surface area contributed by atoms with E-state index in [0.29, 0.717) is 0 Å². The molecular weight excluding hydrogens is 193 g/mol. The summed E-state index contributed by atoms with van der Waals surface area (Å²) in [6, 6.07) is 0. The monoisotopic (exact) mass is 204 g/mol. The lowest BCUT2D eigenvalue weighted by atomic mass is 10.1. The van der Waals surface area contributed by atoms with Crippen molar-refractivity contribution in [2.24, 2.45) is 0 Å². The Kier molecular flexibility index (Phi) is 3.56. The van der Waals surface area contributed by atoms with Crippen LogP contribution in [0.25, 0.3) is 0 Å². The van der Waals surface area contributed by atoms with E-state index in [2.05, 4.69) is 0 Å². The fourth-order valence-corrected chi connectivity index (χ4v) is 1.11. The molecule has 12 heavy (non-hydrogen) atoms. The second kappa shape index (κ2) is 3.64. The molecule has 0 aromatic rings. The summed E-state index contributed by atoms with van der Waals surface area (Å²) >= 11 is 0. The Balaban J connectivity index is 4.44. The molecule has 0 heterocycles. The molecular formula is C6H11F3O2S. The maximum absolute atomic E-state index is 12.4. The number of halogens is 3. The number of hydrogen-bond acceptors (Lipinski definition) is 2. The summed E-state index contributed by atoms with van der Waals surface area (Å²) in [7, 11) is -2.96. The van der Waals surface area contributed by atoms with Crippen LogP contribution in [0, 0.1) is 0 Å². The summed E-state index contributed by atoms with van der Waals surface area (Å²) in [5.74, 6) is -3.54. The molecule has 0 aromatic carbocycles. The van der Waals surface area contributed by atoms with Crippen LogP contribution in [-0.4, -0.2) is 25.8 Å². The summed E-state index contributed by atoms with van der Waals surface area (Å²) in [5, 5.41) is 0. The van der Waals surface area contributed by atoms with Gasteiger partial charge in [-0.25, -0.2) is 21.6 Å². The fourth-order valence-electron chi connectivity index (χ4n) is 0.745. The second-order valence-electron chi connectivity index (χ2n) is 3.24. The normalized spacial score (nSPS) is 13.8. The molecule has 6 heteroatoms. The van der Waals surface area contributed by atoms with Gasteiger partial charge in [-0.1, -0.05) is 0 Å². The van der Waals surface area contributed by atoms with Crippen molar-refractivity contribution in [2.75, 3.05) is 6.67 Å². The first-order chi connectivity index (χ1) is 5.21. The van der Waals surface area contributed by atoms with Gasteiger partial charge in [0.25, 0.3) is 5.92 Å². The van der Waals surface area contributed by atoms with E-state index in [1.54, 1.807) is 0 Å². The van der Waals surface area contributed by atoms with Crippen LogP contribution in [0.3, 0.4) is 0 Å². The minimum Gasteiger partial charge on any atom is -0.244 e. The van der Waals surface area contributed by atoms with Gasteiger partial charge < -0.3 is 0 Å². The van der Waals surface area contributed by atoms with E-state index in [0.717, 1.165) is 13.8 Å². The highest BCUT2D eigenvalue weighted by Gasteiger charge is 2.38. The molecule has 0 saturated carbocycles. The van der Waals surface area contributed by atoms with Crippen molar-refractivity contribution in [3.8, 4) is 0 Å². The summed E-state index contributed by atoms with van der Waals surface area (Å²) in [5.41, 5.74) is 0. The Bertz CT molecular complexity index is 215. The minimum absolute atomic E-state index is 0.977. The zero-order valence-corrected chi connectivity index (χ0v) is 7.71. The fraction of sp³-hybridized carbons (Fsp3) is 1.00. The Morgan fingerprint density at radius 2 is 1.67 bits per heavy atom. The molecule has 0 atom stereocenters. The number of hydrogen-bond donors (Lipinski definition) is 1. The van der Waals surface area contributed by atoms with Gasteiger partial charge in [0.15, 0.2) is 6.67 Å². The number of rotatable bonds is 4. The second-order valence-corrected chi connectivity index (χ2v) is 4.96. The van der Waals surface area contributed by atoms with Crippen LogP contribution in [-0.2, 0) is 10.7 Å². The van der Waals surface area contributed by atoms with Crippen molar-refractivity contribution in [1.82, 2.24) is 0 Å². The first-order valence-corrected chi connectivity index (χ1v) is 4.47. The molecule has 0 rings (SSSR count). The third-order valence-corrected chi connectivity index (χ3v) is 2.53. The van der Waals surface area contributed by atoms with Gasteiger partial charge in [-0.15, -0.1) is 0 Å². The summed E-state index contributed by atoms with van der Waals surface area (Å²) < 4.78 is 55.6. The van der Waals surface area contributed by atoms with E-state index < -0.39 is 34.5 Å². The van der Waals surface area contributed by atoms with Gasteiger partial charge in [-0.05, 0) is 13.8 Å². The number of thiol groups is 1. The third kappa shape index (κ3) is 3.42. The van der Waals surface area contributed by atoms with Crippen molar-refractivity contribution >= 4 is 10.7 Å². The zero-order valence-electron chi connectivity index (χ0n) is 6.81. The first kappa shape index (κ1) is 11.7. The molecule has 0 N–H and O–H groups in total. The summed E-state index contributed by atoms with van der Waals surface area (Å²) in [6.45, 7) is 0.462. The Morgan fingerprint density at radius 3 is 1.92 bits per heavy atom. The Labute approximate surface area is 70.7 Å². The van der Waals surface area contributed by atoms with Gasteiger partial charge in [0, 0.05) is 6.42 Å². The Hall–Kier alpha value is -0.260. The van der Waals surface area contributed by atoms with Crippen molar-refractivity contribution < 1.29 is 21.6 Å². The van der Waals surface area contributed by atoms with Gasteiger partial charge in [-0.3, -0.25) is 0 Å². The topological polar surface area (TPSA) is 34.1 Å². The SMILES string of the molecule is CC(C)(CC(F)(F)CF)[SH](=O)=O. The van der Waals surface area contributed by atoms with Crippen molar-refractivity contribution in [3.63, 3.8) is 0 Å². The van der Waals surface area contributed by atoms with E-state index in [9.17, 15) is 21.6 Å². The highest BCUT2D eigenvalue weighted by atomic mass is 32.2. The predicted octanol–water partition coefficient (Wildman–Crippen LogP) is 1.37. The van der Waals surface area contributed by atoms with E-state index in [4.69, 9.17) is 0 Å². The van der Waals surface area contributed by atoms with Crippen LogP contribution in [0.5, 0.6) is 0 Å². The maximum Gasteiger partial charge on any atom is 0.277 e. The van der Waals surface area contributed by atoms with Crippen LogP contribution in [0.1, 0.15) is 20.3 Å². The third-order valence-electron chi connectivity index (χ3n) is 1.38. The van der Waals surface area contributed by atoms with Crippen LogP contribution < -0.4 is 0 Å². The molecule has 0 radical (unpaired) electrons. The minimum atomic E-state index is -3.54. The molecule has 0 spiro atoms. The molecule has 0 amide bonds. The smallest absolute Gasteiger partial charge is 0.244 e. The molecule has 0 aromatic heterocycles. The summed E-state index contributed by atoms with van der Waals surface area (Å²) in [6.07, 6.45) is -0.977. The summed E-state index contributed by atoms with van der Waals surface area (Å²) in [4.78, 5) is 0. The molecule has 0 bridgehead atoms. The van der Waals surface area contributed by atoms with Gasteiger partial charge in [0.2, 0.25) is 0 Å². The average Bonchev–Trinajstić information content (AvgIpc) is 1.85. The lowest BCUT2D eigenvalue weighted by Gasteiger charge is -2.21. The highest BCUT2D eigenvalue weighted by molar-refractivity contribution is 7.74. The van der Waals surface area contributed by atoms with Crippen LogP contribution >= 0.6 is 0 Å². The molecule has 74 valence electrons. The molecule has 0 saturated heterocycles. The zero-order chi connectivity index (χ0) is 9.99. The van der Waals surface area contributed by atoms with Crippen molar-refractivity contribution in [2.45, 2.75) is 30.9 Å². The highest BCUT2D eigenvalue weighted by Crippen LogP contribution is 2.28. The van der Waals surface area contributed by atoms with E-state index in [1.165, 1.54) is 0 Å². The number of alkyl halides is 3. The van der Waals surface area contributed by atoms with Gasteiger partial charge in [0.05, 0.1) is 4.75 Å². The lowest BCUT2D eigenvalue weighted by molar-refractivity contribution is -0.0365. The maximum atomic E-state index is 12.4. The van der Waals surface area contributed by atoms with E-state index >= 15 is 0 Å². The molecule has 0 fully saturated rings.